The Morgan fingerprint density at radius 3 is 2.37 bits per heavy atom. The van der Waals surface area contributed by atoms with Gasteiger partial charge in [0.05, 0.1) is 17.6 Å². The Labute approximate surface area is 115 Å². The molecule has 0 aliphatic heterocycles. The van der Waals surface area contributed by atoms with Crippen molar-refractivity contribution in [2.24, 2.45) is 23.2 Å². The van der Waals surface area contributed by atoms with Crippen LogP contribution in [0.15, 0.2) is 18.5 Å². The number of hydrogen-bond acceptors (Lipinski definition) is 3. The number of aromatic nitrogens is 1. The molecule has 4 fully saturated rings. The quantitative estimate of drug-likeness (QED) is 0.873. The van der Waals surface area contributed by atoms with Gasteiger partial charge in [0, 0.05) is 12.7 Å². The first-order valence-corrected chi connectivity index (χ1v) is 7.66. The van der Waals surface area contributed by atoms with Crippen molar-refractivity contribution in [1.82, 2.24) is 4.98 Å². The zero-order chi connectivity index (χ0) is 12.9. The van der Waals surface area contributed by atoms with Gasteiger partial charge in [-0.2, -0.15) is 0 Å². The summed E-state index contributed by atoms with van der Waals surface area (Å²) in [5.41, 5.74) is 8.38. The van der Waals surface area contributed by atoms with E-state index in [0.29, 0.717) is 5.41 Å². The molecule has 0 amide bonds. The highest BCUT2D eigenvalue weighted by Gasteiger charge is 2.50. The molecule has 0 radical (unpaired) electrons. The second kappa shape index (κ2) is 4.12. The van der Waals surface area contributed by atoms with Gasteiger partial charge in [-0.25, -0.2) is 0 Å². The number of anilines is 2. The number of rotatable bonds is 3. The summed E-state index contributed by atoms with van der Waals surface area (Å²) in [6, 6.07) is 1.88. The molecule has 4 saturated carbocycles. The largest absolute Gasteiger partial charge is 0.397 e. The van der Waals surface area contributed by atoms with E-state index < -0.39 is 0 Å². The summed E-state index contributed by atoms with van der Waals surface area (Å²) >= 11 is 0. The molecule has 0 aromatic carbocycles. The summed E-state index contributed by atoms with van der Waals surface area (Å²) in [6.45, 7) is 1.09. The monoisotopic (exact) mass is 257 g/mol. The number of pyridine rings is 1. The van der Waals surface area contributed by atoms with Gasteiger partial charge >= 0.3 is 0 Å². The lowest BCUT2D eigenvalue weighted by Crippen LogP contribution is -2.49. The number of nitrogen functional groups attached to an aromatic ring is 1. The number of hydrogen-bond donors (Lipinski definition) is 2. The van der Waals surface area contributed by atoms with Crippen molar-refractivity contribution in [3.05, 3.63) is 18.5 Å². The van der Waals surface area contributed by atoms with Crippen LogP contribution in [0.4, 0.5) is 11.4 Å². The van der Waals surface area contributed by atoms with Crippen LogP contribution in [0.2, 0.25) is 0 Å². The van der Waals surface area contributed by atoms with E-state index in [1.165, 1.54) is 38.5 Å². The van der Waals surface area contributed by atoms with Crippen LogP contribution >= 0.6 is 0 Å². The first kappa shape index (κ1) is 11.6. The molecular formula is C16H23N3. The molecule has 0 spiro atoms. The first-order chi connectivity index (χ1) is 9.22. The molecule has 3 heteroatoms. The summed E-state index contributed by atoms with van der Waals surface area (Å²) in [5, 5.41) is 3.58. The van der Waals surface area contributed by atoms with E-state index in [9.17, 15) is 0 Å². The van der Waals surface area contributed by atoms with Crippen LogP contribution in [0, 0.1) is 23.2 Å². The van der Waals surface area contributed by atoms with Crippen LogP contribution in [0.5, 0.6) is 0 Å². The lowest BCUT2D eigenvalue weighted by atomic mass is 9.49. The van der Waals surface area contributed by atoms with Gasteiger partial charge in [-0.1, -0.05) is 0 Å². The molecule has 0 atom stereocenters. The van der Waals surface area contributed by atoms with Gasteiger partial charge in [-0.3, -0.25) is 4.98 Å². The predicted octanol–water partition coefficient (Wildman–Crippen LogP) is 3.29. The summed E-state index contributed by atoms with van der Waals surface area (Å²) in [5.74, 6) is 3.04. The molecule has 1 heterocycles. The van der Waals surface area contributed by atoms with Crippen molar-refractivity contribution in [3.63, 3.8) is 0 Å². The minimum Gasteiger partial charge on any atom is -0.397 e. The summed E-state index contributed by atoms with van der Waals surface area (Å²) in [7, 11) is 0. The molecule has 4 aliphatic rings. The van der Waals surface area contributed by atoms with E-state index in [2.05, 4.69) is 10.3 Å². The second-order valence-electron chi connectivity index (χ2n) is 7.23. The zero-order valence-electron chi connectivity index (χ0n) is 11.4. The zero-order valence-corrected chi connectivity index (χ0v) is 11.4. The molecule has 19 heavy (non-hydrogen) atoms. The van der Waals surface area contributed by atoms with Crippen molar-refractivity contribution in [3.8, 4) is 0 Å². The minimum absolute atomic E-state index is 0.553. The van der Waals surface area contributed by atoms with Crippen molar-refractivity contribution >= 4 is 11.4 Å². The van der Waals surface area contributed by atoms with Crippen LogP contribution < -0.4 is 11.1 Å². The van der Waals surface area contributed by atoms with Gasteiger partial charge in [0.1, 0.15) is 0 Å². The van der Waals surface area contributed by atoms with Gasteiger partial charge in [-0.05, 0) is 67.8 Å². The van der Waals surface area contributed by atoms with Crippen molar-refractivity contribution in [1.29, 1.82) is 0 Å². The third kappa shape index (κ3) is 1.99. The molecule has 0 saturated heterocycles. The Hall–Kier alpha value is -1.25. The van der Waals surface area contributed by atoms with Crippen molar-refractivity contribution in [2.45, 2.75) is 38.5 Å². The van der Waals surface area contributed by atoms with Crippen LogP contribution in [0.3, 0.4) is 0 Å². The van der Waals surface area contributed by atoms with Gasteiger partial charge in [-0.15, -0.1) is 0 Å². The van der Waals surface area contributed by atoms with E-state index in [1.54, 1.807) is 6.20 Å². The third-order valence-corrected chi connectivity index (χ3v) is 5.67. The van der Waals surface area contributed by atoms with Crippen LogP contribution in [-0.4, -0.2) is 11.5 Å². The summed E-state index contributed by atoms with van der Waals surface area (Å²) in [6.07, 6.45) is 12.4. The molecule has 4 bridgehead atoms. The predicted molar refractivity (Wildman–Crippen MR) is 77.7 cm³/mol. The van der Waals surface area contributed by atoms with E-state index in [1.807, 2.05) is 12.3 Å². The van der Waals surface area contributed by atoms with E-state index in [4.69, 9.17) is 5.73 Å². The number of nitrogens with zero attached hydrogens (tertiary/aromatic N) is 1. The highest BCUT2D eigenvalue weighted by molar-refractivity contribution is 5.64. The fourth-order valence-electron chi connectivity index (χ4n) is 5.34. The van der Waals surface area contributed by atoms with Gasteiger partial charge in [0.2, 0.25) is 0 Å². The molecule has 0 unspecified atom stereocenters. The summed E-state index contributed by atoms with van der Waals surface area (Å²) in [4.78, 5) is 4.17. The normalized spacial score (nSPS) is 39.5. The maximum Gasteiger partial charge on any atom is 0.0760 e. The van der Waals surface area contributed by atoms with E-state index in [-0.39, 0.29) is 0 Å². The molecule has 4 aliphatic carbocycles. The molecular weight excluding hydrogens is 234 g/mol. The Morgan fingerprint density at radius 1 is 1.16 bits per heavy atom. The lowest BCUT2D eigenvalue weighted by molar-refractivity contribution is -0.0444. The maximum absolute atomic E-state index is 6.00. The van der Waals surface area contributed by atoms with Crippen LogP contribution in [-0.2, 0) is 0 Å². The topological polar surface area (TPSA) is 50.9 Å². The Balaban J connectivity index is 1.49. The highest BCUT2D eigenvalue weighted by Crippen LogP contribution is 2.59. The first-order valence-electron chi connectivity index (χ1n) is 7.66. The minimum atomic E-state index is 0.553. The molecule has 3 nitrogen and oxygen atoms in total. The van der Waals surface area contributed by atoms with Crippen molar-refractivity contribution < 1.29 is 0 Å². The highest BCUT2D eigenvalue weighted by atomic mass is 14.9. The Morgan fingerprint density at radius 2 is 1.79 bits per heavy atom. The SMILES string of the molecule is Nc1ccncc1NCC12CC3CC(CC(C3)C1)C2. The van der Waals surface area contributed by atoms with E-state index in [0.717, 1.165) is 35.7 Å². The molecule has 1 aromatic heterocycles. The van der Waals surface area contributed by atoms with Gasteiger partial charge in [0.25, 0.3) is 0 Å². The summed E-state index contributed by atoms with van der Waals surface area (Å²) < 4.78 is 0. The Kier molecular flexibility index (Phi) is 2.51. The van der Waals surface area contributed by atoms with Crippen LogP contribution in [0.1, 0.15) is 38.5 Å². The molecule has 102 valence electrons. The fraction of sp³-hybridized carbons (Fsp3) is 0.688. The standard InChI is InChI=1S/C16H23N3/c17-14-1-2-18-9-15(14)19-10-16-6-11-3-12(7-16)5-13(4-11)8-16/h1-2,9,11-13,19H,3-8,10H2,(H2,17,18). The molecule has 5 rings (SSSR count). The van der Waals surface area contributed by atoms with Gasteiger partial charge in [0.15, 0.2) is 0 Å². The number of nitrogens with one attached hydrogen (secondary N) is 1. The fourth-order valence-corrected chi connectivity index (χ4v) is 5.34. The Bertz CT molecular complexity index is 447. The smallest absolute Gasteiger partial charge is 0.0760 e. The lowest BCUT2D eigenvalue weighted by Gasteiger charge is -2.57. The van der Waals surface area contributed by atoms with E-state index >= 15 is 0 Å². The third-order valence-electron chi connectivity index (χ3n) is 5.67. The molecule has 1 aromatic rings. The number of nitrogens with two attached hydrogens (primary N) is 1. The average Bonchev–Trinajstić information content (AvgIpc) is 2.36. The maximum atomic E-state index is 6.00. The van der Waals surface area contributed by atoms with Gasteiger partial charge < -0.3 is 11.1 Å². The second-order valence-corrected chi connectivity index (χ2v) is 7.23. The van der Waals surface area contributed by atoms with Crippen molar-refractivity contribution in [2.75, 3.05) is 17.6 Å². The van der Waals surface area contributed by atoms with Crippen LogP contribution in [0.25, 0.3) is 0 Å². The average molecular weight is 257 g/mol. The molecule has 3 N–H and O–H groups in total.